The minimum absolute atomic E-state index is 0.0654. The Morgan fingerprint density at radius 2 is 1.76 bits per heavy atom. The van der Waals surface area contributed by atoms with Crippen LogP contribution in [0.1, 0.15) is 39.3 Å². The van der Waals surface area contributed by atoms with E-state index in [0.29, 0.717) is 6.54 Å². The maximum Gasteiger partial charge on any atom is 0.320 e. The van der Waals surface area contributed by atoms with E-state index in [1.165, 1.54) is 5.56 Å². The highest BCUT2D eigenvalue weighted by atomic mass is 16.4. The Kier molecular flexibility index (Phi) is 7.40. The van der Waals surface area contributed by atoms with Gasteiger partial charge in [-0.3, -0.25) is 9.69 Å². The fourth-order valence-electron chi connectivity index (χ4n) is 2.64. The second kappa shape index (κ2) is 8.80. The van der Waals surface area contributed by atoms with Crippen molar-refractivity contribution in [2.75, 3.05) is 19.6 Å². The number of benzene rings is 1. The molecule has 0 radical (unpaired) electrons. The van der Waals surface area contributed by atoms with Crippen LogP contribution in [-0.2, 0) is 4.79 Å². The van der Waals surface area contributed by atoms with Gasteiger partial charge >= 0.3 is 5.97 Å². The second-order valence-corrected chi connectivity index (χ2v) is 5.62. The van der Waals surface area contributed by atoms with E-state index in [4.69, 9.17) is 0 Å². The first-order chi connectivity index (χ1) is 10.0. The van der Waals surface area contributed by atoms with Crippen molar-refractivity contribution in [1.82, 2.24) is 10.2 Å². The van der Waals surface area contributed by atoms with Crippen molar-refractivity contribution in [2.45, 2.75) is 39.8 Å². The Bertz CT molecular complexity index is 416. The summed E-state index contributed by atoms with van der Waals surface area (Å²) in [6.45, 7) is 10.7. The first-order valence-electron chi connectivity index (χ1n) is 7.76. The molecule has 4 nitrogen and oxygen atoms in total. The Morgan fingerprint density at radius 3 is 2.19 bits per heavy atom. The quantitative estimate of drug-likeness (QED) is 0.735. The molecule has 0 aliphatic carbocycles. The Morgan fingerprint density at radius 1 is 1.19 bits per heavy atom. The van der Waals surface area contributed by atoms with Crippen molar-refractivity contribution >= 4 is 5.97 Å². The van der Waals surface area contributed by atoms with Gasteiger partial charge in [0.25, 0.3) is 0 Å². The number of carboxylic acids is 1. The molecule has 0 saturated carbocycles. The smallest absolute Gasteiger partial charge is 0.320 e. The minimum atomic E-state index is -0.781. The van der Waals surface area contributed by atoms with Gasteiger partial charge in [0.05, 0.1) is 0 Å². The van der Waals surface area contributed by atoms with Crippen LogP contribution >= 0.6 is 0 Å². The van der Waals surface area contributed by atoms with Gasteiger partial charge in [0.1, 0.15) is 6.04 Å². The molecule has 0 saturated heterocycles. The number of hydrogen-bond acceptors (Lipinski definition) is 3. The van der Waals surface area contributed by atoms with Crippen LogP contribution in [-0.4, -0.2) is 41.7 Å². The van der Waals surface area contributed by atoms with Gasteiger partial charge in [-0.1, -0.05) is 58.0 Å². The Hall–Kier alpha value is -1.39. The summed E-state index contributed by atoms with van der Waals surface area (Å²) in [5, 5.41) is 12.5. The molecule has 0 amide bonds. The standard InChI is InChI=1S/C17H28N2O2/c1-5-19(6-2)15(14-10-8-7-9-11-14)12-18-16(13(3)4)17(20)21/h7-11,13,15-16,18H,5-6,12H2,1-4H3,(H,20,21). The topological polar surface area (TPSA) is 52.6 Å². The van der Waals surface area contributed by atoms with Crippen LogP contribution in [0.5, 0.6) is 0 Å². The third-order valence-electron chi connectivity index (χ3n) is 3.90. The molecule has 0 bridgehead atoms. The lowest BCUT2D eigenvalue weighted by Crippen LogP contribution is -2.45. The molecule has 0 aliphatic heterocycles. The molecule has 2 unspecified atom stereocenters. The van der Waals surface area contributed by atoms with E-state index in [0.717, 1.165) is 13.1 Å². The van der Waals surface area contributed by atoms with E-state index in [1.54, 1.807) is 0 Å². The maximum absolute atomic E-state index is 11.3. The van der Waals surface area contributed by atoms with Crippen molar-refractivity contribution in [3.8, 4) is 0 Å². The van der Waals surface area contributed by atoms with Gasteiger partial charge in [0, 0.05) is 12.6 Å². The zero-order chi connectivity index (χ0) is 15.8. The number of nitrogens with one attached hydrogen (secondary N) is 1. The number of rotatable bonds is 9. The number of carbonyl (C=O) groups is 1. The summed E-state index contributed by atoms with van der Waals surface area (Å²) in [5.74, 6) is -0.716. The molecule has 4 heteroatoms. The summed E-state index contributed by atoms with van der Waals surface area (Å²) in [6, 6.07) is 9.97. The SMILES string of the molecule is CCN(CC)C(CNC(C(=O)O)C(C)C)c1ccccc1. The molecule has 1 aromatic carbocycles. The van der Waals surface area contributed by atoms with Crippen LogP contribution in [0, 0.1) is 5.92 Å². The van der Waals surface area contributed by atoms with E-state index in [-0.39, 0.29) is 12.0 Å². The summed E-state index contributed by atoms with van der Waals surface area (Å²) in [6.07, 6.45) is 0. The first kappa shape index (κ1) is 17.7. The molecule has 0 aliphatic rings. The summed E-state index contributed by atoms with van der Waals surface area (Å²) < 4.78 is 0. The van der Waals surface area contributed by atoms with Crippen LogP contribution < -0.4 is 5.32 Å². The van der Waals surface area contributed by atoms with Gasteiger partial charge in [0.15, 0.2) is 0 Å². The molecular weight excluding hydrogens is 264 g/mol. The van der Waals surface area contributed by atoms with Gasteiger partial charge in [-0.15, -0.1) is 0 Å². The molecule has 118 valence electrons. The minimum Gasteiger partial charge on any atom is -0.480 e. The summed E-state index contributed by atoms with van der Waals surface area (Å²) in [7, 11) is 0. The lowest BCUT2D eigenvalue weighted by molar-refractivity contribution is -0.140. The molecular formula is C17H28N2O2. The third-order valence-corrected chi connectivity index (χ3v) is 3.90. The lowest BCUT2D eigenvalue weighted by atomic mass is 10.0. The molecule has 0 aromatic heterocycles. The summed E-state index contributed by atoms with van der Waals surface area (Å²) in [4.78, 5) is 13.7. The van der Waals surface area contributed by atoms with Crippen molar-refractivity contribution in [3.63, 3.8) is 0 Å². The highest BCUT2D eigenvalue weighted by molar-refractivity contribution is 5.73. The van der Waals surface area contributed by atoms with Crippen molar-refractivity contribution in [2.24, 2.45) is 5.92 Å². The zero-order valence-electron chi connectivity index (χ0n) is 13.5. The highest BCUT2D eigenvalue weighted by Gasteiger charge is 2.24. The summed E-state index contributed by atoms with van der Waals surface area (Å²) >= 11 is 0. The van der Waals surface area contributed by atoms with Crippen LogP contribution in [0.2, 0.25) is 0 Å². The normalized spacial score (nSPS) is 14.4. The number of aliphatic carboxylic acids is 1. The van der Waals surface area contributed by atoms with Crippen LogP contribution in [0.4, 0.5) is 0 Å². The maximum atomic E-state index is 11.3. The van der Waals surface area contributed by atoms with E-state index in [9.17, 15) is 9.90 Å². The average Bonchev–Trinajstić information content (AvgIpc) is 2.47. The highest BCUT2D eigenvalue weighted by Crippen LogP contribution is 2.20. The monoisotopic (exact) mass is 292 g/mol. The van der Waals surface area contributed by atoms with Crippen LogP contribution in [0.15, 0.2) is 30.3 Å². The van der Waals surface area contributed by atoms with Gasteiger partial charge in [-0.25, -0.2) is 0 Å². The molecule has 0 heterocycles. The molecule has 1 aromatic rings. The van der Waals surface area contributed by atoms with Crippen LogP contribution in [0.3, 0.4) is 0 Å². The summed E-state index contributed by atoms with van der Waals surface area (Å²) in [5.41, 5.74) is 1.22. The van der Waals surface area contributed by atoms with Crippen LogP contribution in [0.25, 0.3) is 0 Å². The number of likely N-dealkylation sites (N-methyl/N-ethyl adjacent to an activating group) is 1. The van der Waals surface area contributed by atoms with E-state index < -0.39 is 12.0 Å². The van der Waals surface area contributed by atoms with E-state index in [2.05, 4.69) is 36.2 Å². The number of nitrogens with zero attached hydrogens (tertiary/aromatic N) is 1. The lowest BCUT2D eigenvalue weighted by Gasteiger charge is -2.32. The van der Waals surface area contributed by atoms with Gasteiger partial charge < -0.3 is 10.4 Å². The first-order valence-corrected chi connectivity index (χ1v) is 7.76. The third kappa shape index (κ3) is 5.14. The molecule has 21 heavy (non-hydrogen) atoms. The molecule has 0 spiro atoms. The zero-order valence-corrected chi connectivity index (χ0v) is 13.5. The van der Waals surface area contributed by atoms with Gasteiger partial charge in [-0.05, 0) is 24.6 Å². The predicted molar refractivity (Wildman–Crippen MR) is 86.4 cm³/mol. The Balaban J connectivity index is 2.85. The fraction of sp³-hybridized carbons (Fsp3) is 0.588. The predicted octanol–water partition coefficient (Wildman–Crippen LogP) is 2.77. The van der Waals surface area contributed by atoms with E-state index in [1.807, 2.05) is 32.0 Å². The van der Waals surface area contributed by atoms with E-state index >= 15 is 0 Å². The Labute approximate surface area is 128 Å². The molecule has 2 atom stereocenters. The van der Waals surface area contributed by atoms with Gasteiger partial charge in [-0.2, -0.15) is 0 Å². The van der Waals surface area contributed by atoms with Crippen molar-refractivity contribution in [3.05, 3.63) is 35.9 Å². The molecule has 2 N–H and O–H groups in total. The molecule has 1 rings (SSSR count). The second-order valence-electron chi connectivity index (χ2n) is 5.62. The van der Waals surface area contributed by atoms with Crippen molar-refractivity contribution < 1.29 is 9.90 Å². The fourth-order valence-corrected chi connectivity index (χ4v) is 2.64. The van der Waals surface area contributed by atoms with Crippen molar-refractivity contribution in [1.29, 1.82) is 0 Å². The number of carboxylic acid groups (broad SMARTS) is 1. The van der Waals surface area contributed by atoms with Gasteiger partial charge in [0.2, 0.25) is 0 Å². The molecule has 0 fully saturated rings. The number of hydrogen-bond donors (Lipinski definition) is 2. The average molecular weight is 292 g/mol. The largest absolute Gasteiger partial charge is 0.480 e.